The van der Waals surface area contributed by atoms with E-state index in [9.17, 15) is 4.39 Å². The monoisotopic (exact) mass is 261 g/mol. The molecule has 1 aromatic carbocycles. The van der Waals surface area contributed by atoms with E-state index in [1.54, 1.807) is 6.07 Å². The topological polar surface area (TPSA) is 12.0 Å². The van der Waals surface area contributed by atoms with Gasteiger partial charge in [-0.25, -0.2) is 4.39 Å². The number of allylic oxidation sites excluding steroid dienone is 1. The van der Waals surface area contributed by atoms with Crippen LogP contribution in [0.2, 0.25) is 0 Å². The Balaban J connectivity index is 2.27. The molecule has 0 aromatic heterocycles. The SMILES string of the molecule is CCCNC(C1=CCCCC1)c1ccc(C)cc1F. The van der Waals surface area contributed by atoms with E-state index in [1.165, 1.54) is 18.4 Å². The number of hydrogen-bond acceptors (Lipinski definition) is 1. The average Bonchev–Trinajstić information content (AvgIpc) is 2.42. The van der Waals surface area contributed by atoms with Crippen molar-refractivity contribution < 1.29 is 4.39 Å². The molecule has 0 saturated carbocycles. The molecule has 2 heteroatoms. The standard InChI is InChI=1S/C17H24FN/c1-3-11-19-17(14-7-5-4-6-8-14)15-10-9-13(2)12-16(15)18/h7,9-10,12,17,19H,3-6,8,11H2,1-2H3. The van der Waals surface area contributed by atoms with Gasteiger partial charge in [0.05, 0.1) is 6.04 Å². The molecule has 19 heavy (non-hydrogen) atoms. The molecule has 1 aliphatic carbocycles. The molecule has 1 aromatic rings. The summed E-state index contributed by atoms with van der Waals surface area (Å²) in [6.07, 6.45) is 8.08. The second-order valence-corrected chi connectivity index (χ2v) is 5.44. The molecular weight excluding hydrogens is 237 g/mol. The summed E-state index contributed by atoms with van der Waals surface area (Å²) in [5.41, 5.74) is 3.14. The molecule has 1 nitrogen and oxygen atoms in total. The zero-order valence-electron chi connectivity index (χ0n) is 12.0. The first-order chi connectivity index (χ1) is 9.22. The van der Waals surface area contributed by atoms with E-state index in [4.69, 9.17) is 0 Å². The predicted molar refractivity (Wildman–Crippen MR) is 78.7 cm³/mol. The Bertz CT molecular complexity index is 451. The van der Waals surface area contributed by atoms with Crippen LogP contribution in [-0.4, -0.2) is 6.54 Å². The lowest BCUT2D eigenvalue weighted by atomic mass is 9.89. The maximum absolute atomic E-state index is 14.2. The summed E-state index contributed by atoms with van der Waals surface area (Å²) in [5.74, 6) is -0.0833. The van der Waals surface area contributed by atoms with Crippen LogP contribution in [0.3, 0.4) is 0 Å². The number of rotatable bonds is 5. The van der Waals surface area contributed by atoms with E-state index in [-0.39, 0.29) is 11.9 Å². The zero-order valence-corrected chi connectivity index (χ0v) is 12.0. The summed E-state index contributed by atoms with van der Waals surface area (Å²) < 4.78 is 14.2. The molecule has 2 rings (SSSR count). The van der Waals surface area contributed by atoms with Gasteiger partial charge in [-0.3, -0.25) is 0 Å². The Morgan fingerprint density at radius 2 is 2.16 bits per heavy atom. The molecule has 0 amide bonds. The number of aryl methyl sites for hydroxylation is 1. The third-order valence-corrected chi connectivity index (χ3v) is 3.76. The van der Waals surface area contributed by atoms with Crippen LogP contribution >= 0.6 is 0 Å². The Labute approximate surface area is 115 Å². The highest BCUT2D eigenvalue weighted by molar-refractivity contribution is 5.32. The smallest absolute Gasteiger partial charge is 0.128 e. The first-order valence-corrected chi connectivity index (χ1v) is 7.40. The van der Waals surface area contributed by atoms with Crippen LogP contribution in [0.1, 0.15) is 56.2 Å². The third kappa shape index (κ3) is 3.66. The number of nitrogens with one attached hydrogen (secondary N) is 1. The minimum Gasteiger partial charge on any atom is -0.306 e. The van der Waals surface area contributed by atoms with Crippen molar-refractivity contribution in [2.24, 2.45) is 0 Å². The average molecular weight is 261 g/mol. The van der Waals surface area contributed by atoms with E-state index in [2.05, 4.69) is 18.3 Å². The van der Waals surface area contributed by atoms with Crippen molar-refractivity contribution in [2.45, 2.75) is 52.0 Å². The molecule has 1 unspecified atom stereocenters. The van der Waals surface area contributed by atoms with Crippen molar-refractivity contribution in [3.8, 4) is 0 Å². The largest absolute Gasteiger partial charge is 0.306 e. The Morgan fingerprint density at radius 3 is 2.79 bits per heavy atom. The normalized spacial score (nSPS) is 17.1. The summed E-state index contributed by atoms with van der Waals surface area (Å²) in [5, 5.41) is 3.51. The summed E-state index contributed by atoms with van der Waals surface area (Å²) in [6.45, 7) is 5.00. The van der Waals surface area contributed by atoms with Crippen LogP contribution in [0.15, 0.2) is 29.8 Å². The second-order valence-electron chi connectivity index (χ2n) is 5.44. The van der Waals surface area contributed by atoms with Crippen molar-refractivity contribution in [1.82, 2.24) is 5.32 Å². The third-order valence-electron chi connectivity index (χ3n) is 3.76. The maximum Gasteiger partial charge on any atom is 0.128 e. The van der Waals surface area contributed by atoms with Crippen LogP contribution in [-0.2, 0) is 0 Å². The fourth-order valence-electron chi connectivity index (χ4n) is 2.72. The lowest BCUT2D eigenvalue weighted by Crippen LogP contribution is -2.25. The molecule has 1 aliphatic rings. The van der Waals surface area contributed by atoms with Gasteiger partial charge in [-0.1, -0.05) is 30.7 Å². The summed E-state index contributed by atoms with van der Waals surface area (Å²) >= 11 is 0. The van der Waals surface area contributed by atoms with Crippen molar-refractivity contribution in [2.75, 3.05) is 6.54 Å². The first-order valence-electron chi connectivity index (χ1n) is 7.40. The Kier molecular flexibility index (Phi) is 5.15. The quantitative estimate of drug-likeness (QED) is 0.759. The van der Waals surface area contributed by atoms with Gasteiger partial charge < -0.3 is 5.32 Å². The maximum atomic E-state index is 14.2. The Morgan fingerprint density at radius 1 is 1.32 bits per heavy atom. The summed E-state index contributed by atoms with van der Waals surface area (Å²) in [4.78, 5) is 0. The fourth-order valence-corrected chi connectivity index (χ4v) is 2.72. The van der Waals surface area contributed by atoms with Crippen molar-refractivity contribution in [1.29, 1.82) is 0 Å². The highest BCUT2D eigenvalue weighted by Crippen LogP contribution is 2.31. The van der Waals surface area contributed by atoms with Gasteiger partial charge in [0.25, 0.3) is 0 Å². The van der Waals surface area contributed by atoms with Gasteiger partial charge >= 0.3 is 0 Å². The summed E-state index contributed by atoms with van der Waals surface area (Å²) in [6, 6.07) is 5.63. The van der Waals surface area contributed by atoms with Gasteiger partial charge in [0.2, 0.25) is 0 Å². The highest BCUT2D eigenvalue weighted by atomic mass is 19.1. The van der Waals surface area contributed by atoms with Crippen molar-refractivity contribution >= 4 is 0 Å². The van der Waals surface area contributed by atoms with Gasteiger partial charge in [-0.15, -0.1) is 0 Å². The lowest BCUT2D eigenvalue weighted by Gasteiger charge is -2.25. The van der Waals surface area contributed by atoms with Gasteiger partial charge in [-0.2, -0.15) is 0 Å². The minimum absolute atomic E-state index is 0.0563. The van der Waals surface area contributed by atoms with Gasteiger partial charge in [0.1, 0.15) is 5.82 Å². The van der Waals surface area contributed by atoms with Crippen molar-refractivity contribution in [3.63, 3.8) is 0 Å². The van der Waals surface area contributed by atoms with Crippen LogP contribution in [0.25, 0.3) is 0 Å². The van der Waals surface area contributed by atoms with Crippen LogP contribution < -0.4 is 5.32 Å². The molecule has 1 atom stereocenters. The number of halogens is 1. The van der Waals surface area contributed by atoms with Crippen LogP contribution in [0.4, 0.5) is 4.39 Å². The summed E-state index contributed by atoms with van der Waals surface area (Å²) in [7, 11) is 0. The molecule has 0 fully saturated rings. The molecule has 1 N–H and O–H groups in total. The fraction of sp³-hybridized carbons (Fsp3) is 0.529. The molecule has 0 bridgehead atoms. The van der Waals surface area contributed by atoms with Crippen LogP contribution in [0.5, 0.6) is 0 Å². The van der Waals surface area contributed by atoms with E-state index in [0.717, 1.165) is 36.9 Å². The molecule has 104 valence electrons. The van der Waals surface area contributed by atoms with Gasteiger partial charge in [0.15, 0.2) is 0 Å². The van der Waals surface area contributed by atoms with E-state index in [1.807, 2.05) is 19.1 Å². The lowest BCUT2D eigenvalue weighted by molar-refractivity contribution is 0.515. The molecular formula is C17H24FN. The first kappa shape index (κ1) is 14.3. The minimum atomic E-state index is -0.0833. The number of hydrogen-bond donors (Lipinski definition) is 1. The molecule has 0 saturated heterocycles. The van der Waals surface area contributed by atoms with E-state index in [0.29, 0.717) is 0 Å². The molecule has 0 heterocycles. The van der Waals surface area contributed by atoms with Crippen molar-refractivity contribution in [3.05, 3.63) is 46.8 Å². The van der Waals surface area contributed by atoms with Gasteiger partial charge in [-0.05, 0) is 57.2 Å². The number of benzene rings is 1. The van der Waals surface area contributed by atoms with E-state index < -0.39 is 0 Å². The second kappa shape index (κ2) is 6.85. The van der Waals surface area contributed by atoms with Gasteiger partial charge in [0, 0.05) is 5.56 Å². The zero-order chi connectivity index (χ0) is 13.7. The van der Waals surface area contributed by atoms with Crippen LogP contribution in [0, 0.1) is 12.7 Å². The molecule has 0 aliphatic heterocycles. The molecule has 0 spiro atoms. The highest BCUT2D eigenvalue weighted by Gasteiger charge is 2.20. The predicted octanol–water partition coefficient (Wildman–Crippen LogP) is 4.68. The Hall–Kier alpha value is -1.15. The molecule has 0 radical (unpaired) electrons. The van der Waals surface area contributed by atoms with E-state index >= 15 is 0 Å².